The first-order valence-electron chi connectivity index (χ1n) is 9.66. The molecule has 4 rings (SSSR count). The molecule has 3 heteroatoms. The molecule has 0 radical (unpaired) electrons. The zero-order chi connectivity index (χ0) is 20.2. The molecule has 0 fully saturated rings. The maximum absolute atomic E-state index is 11.2. The maximum atomic E-state index is 11.2. The van der Waals surface area contributed by atoms with Gasteiger partial charge < -0.3 is 5.73 Å². The lowest BCUT2D eigenvalue weighted by Gasteiger charge is -2.57. The Kier molecular flexibility index (Phi) is 4.98. The Balaban J connectivity index is 2.25. The van der Waals surface area contributed by atoms with Crippen LogP contribution in [0, 0.1) is 10.7 Å². The Hall–Kier alpha value is -3.32. The zero-order valence-corrected chi connectivity index (χ0v) is 17.0. The number of nitriles is 1. The minimum Gasteiger partial charge on any atom is -0.326 e. The minimum absolute atomic E-state index is 0.477. The van der Waals surface area contributed by atoms with Crippen molar-refractivity contribution in [3.63, 3.8) is 0 Å². The summed E-state index contributed by atoms with van der Waals surface area (Å²) >= 11 is 0. The standard InChI is InChI=1S/C26H24N2S/c27-20-22-16-18-26(19-17-22)29(21-28,23-10-4-1-5-11-23,24-12-6-2-7-13-24)25-14-8-3-9-15-25/h1-19,29H,20,27H2. The number of thiocyanates is 1. The van der Waals surface area contributed by atoms with Crippen molar-refractivity contribution in [2.75, 3.05) is 0 Å². The third-order valence-electron chi connectivity index (χ3n) is 5.71. The highest BCUT2D eigenvalue weighted by molar-refractivity contribution is 8.53. The van der Waals surface area contributed by atoms with Crippen molar-refractivity contribution in [3.05, 3.63) is 121 Å². The van der Waals surface area contributed by atoms with Crippen molar-refractivity contribution in [2.24, 2.45) is 5.73 Å². The Morgan fingerprint density at radius 1 is 0.552 bits per heavy atom. The van der Waals surface area contributed by atoms with Gasteiger partial charge in [0.05, 0.1) is 0 Å². The molecular formula is C26H24N2S. The fourth-order valence-electron chi connectivity index (χ4n) is 4.23. The van der Waals surface area contributed by atoms with Crippen molar-refractivity contribution in [1.29, 1.82) is 5.26 Å². The summed E-state index contributed by atoms with van der Waals surface area (Å²) in [6.45, 7) is 0.477. The lowest BCUT2D eigenvalue weighted by molar-refractivity contribution is 1.06. The molecule has 4 aromatic rings. The van der Waals surface area contributed by atoms with Gasteiger partial charge in [-0.15, -0.1) is 9.16 Å². The maximum Gasteiger partial charge on any atom is 0.111 e. The SMILES string of the molecule is N#C[SH](c1ccccc1)(c1ccccc1)(c1ccccc1)c1ccc(CN)cc1. The third kappa shape index (κ3) is 2.69. The lowest BCUT2D eigenvalue weighted by Crippen LogP contribution is -2.19. The molecule has 0 aliphatic rings. The second-order valence-electron chi connectivity index (χ2n) is 7.10. The van der Waals surface area contributed by atoms with Crippen LogP contribution in [0.1, 0.15) is 5.56 Å². The van der Waals surface area contributed by atoms with E-state index in [9.17, 15) is 5.26 Å². The average molecular weight is 397 g/mol. The van der Waals surface area contributed by atoms with E-state index in [1.165, 1.54) is 0 Å². The summed E-state index contributed by atoms with van der Waals surface area (Å²) in [5.74, 6) is 0. The van der Waals surface area contributed by atoms with E-state index in [0.717, 1.165) is 25.1 Å². The number of benzene rings is 4. The molecule has 0 aliphatic heterocycles. The molecule has 0 spiro atoms. The van der Waals surface area contributed by atoms with Crippen LogP contribution in [0.5, 0.6) is 0 Å². The molecule has 2 nitrogen and oxygen atoms in total. The second kappa shape index (κ2) is 7.60. The lowest BCUT2D eigenvalue weighted by atomic mass is 10.2. The van der Waals surface area contributed by atoms with E-state index in [4.69, 9.17) is 5.73 Å². The van der Waals surface area contributed by atoms with Crippen LogP contribution in [0.25, 0.3) is 0 Å². The molecule has 0 unspecified atom stereocenters. The molecule has 0 aromatic heterocycles. The molecule has 0 atom stereocenters. The third-order valence-corrected chi connectivity index (χ3v) is 11.4. The molecule has 4 aromatic carbocycles. The van der Waals surface area contributed by atoms with Gasteiger partial charge in [-0.3, -0.25) is 0 Å². The van der Waals surface area contributed by atoms with Crippen LogP contribution in [0.4, 0.5) is 0 Å². The van der Waals surface area contributed by atoms with Crippen molar-refractivity contribution in [2.45, 2.75) is 26.1 Å². The first-order chi connectivity index (χ1) is 14.3. The van der Waals surface area contributed by atoms with Crippen molar-refractivity contribution < 1.29 is 0 Å². The number of hydrogen-bond acceptors (Lipinski definition) is 2. The van der Waals surface area contributed by atoms with Gasteiger partial charge in [0.2, 0.25) is 0 Å². The van der Waals surface area contributed by atoms with Crippen LogP contribution in [-0.2, 0) is 6.54 Å². The van der Waals surface area contributed by atoms with Crippen molar-refractivity contribution >= 4 is 9.16 Å². The highest BCUT2D eigenvalue weighted by atomic mass is 32.3. The first kappa shape index (κ1) is 19.0. The van der Waals surface area contributed by atoms with Gasteiger partial charge in [0.25, 0.3) is 0 Å². The summed E-state index contributed by atoms with van der Waals surface area (Å²) in [6, 6.07) is 39.0. The fourth-order valence-corrected chi connectivity index (χ4v) is 9.54. The zero-order valence-electron chi connectivity index (χ0n) is 16.1. The summed E-state index contributed by atoms with van der Waals surface area (Å²) in [7, 11) is -3.62. The van der Waals surface area contributed by atoms with Gasteiger partial charge in [-0.2, -0.15) is 5.26 Å². The van der Waals surface area contributed by atoms with Gasteiger partial charge >= 0.3 is 0 Å². The van der Waals surface area contributed by atoms with Crippen molar-refractivity contribution in [3.8, 4) is 5.40 Å². The van der Waals surface area contributed by atoms with Crippen LogP contribution in [0.15, 0.2) is 135 Å². The van der Waals surface area contributed by atoms with Gasteiger partial charge in [0.1, 0.15) is 5.40 Å². The Morgan fingerprint density at radius 2 is 0.897 bits per heavy atom. The van der Waals surface area contributed by atoms with E-state index < -0.39 is 9.16 Å². The van der Waals surface area contributed by atoms with Gasteiger partial charge in [0.15, 0.2) is 0 Å². The summed E-state index contributed by atoms with van der Waals surface area (Å²) < 4.78 is 0. The summed E-state index contributed by atoms with van der Waals surface area (Å²) in [4.78, 5) is 4.15. The molecule has 0 saturated carbocycles. The largest absolute Gasteiger partial charge is 0.326 e. The van der Waals surface area contributed by atoms with Gasteiger partial charge in [-0.25, -0.2) is 0 Å². The molecule has 29 heavy (non-hydrogen) atoms. The van der Waals surface area contributed by atoms with Crippen LogP contribution in [0.3, 0.4) is 0 Å². The van der Waals surface area contributed by atoms with Crippen molar-refractivity contribution in [1.82, 2.24) is 0 Å². The van der Waals surface area contributed by atoms with E-state index >= 15 is 0 Å². The normalized spacial score (nSPS) is 12.5. The van der Waals surface area contributed by atoms with Crippen LogP contribution in [-0.4, -0.2) is 0 Å². The molecule has 0 aliphatic carbocycles. The average Bonchev–Trinajstić information content (AvgIpc) is 2.83. The van der Waals surface area contributed by atoms with Crippen LogP contribution >= 0.6 is 9.16 Å². The number of thiol groups is 1. The smallest absolute Gasteiger partial charge is 0.111 e. The van der Waals surface area contributed by atoms with E-state index in [1.807, 2.05) is 66.7 Å². The van der Waals surface area contributed by atoms with Crippen LogP contribution in [0.2, 0.25) is 0 Å². The quantitative estimate of drug-likeness (QED) is 0.310. The molecule has 144 valence electrons. The van der Waals surface area contributed by atoms with E-state index in [2.05, 4.69) is 53.9 Å². The molecular weight excluding hydrogens is 372 g/mol. The molecule has 0 heterocycles. The molecule has 2 N–H and O–H groups in total. The van der Waals surface area contributed by atoms with E-state index in [-0.39, 0.29) is 0 Å². The Morgan fingerprint density at radius 3 is 1.21 bits per heavy atom. The predicted molar refractivity (Wildman–Crippen MR) is 121 cm³/mol. The molecule has 0 bridgehead atoms. The first-order valence-corrected chi connectivity index (χ1v) is 11.9. The number of hydrogen-bond donors (Lipinski definition) is 2. The monoisotopic (exact) mass is 396 g/mol. The fraction of sp³-hybridized carbons (Fsp3) is 0.0385. The number of nitrogens with zero attached hydrogens (tertiary/aromatic N) is 1. The van der Waals surface area contributed by atoms with Gasteiger partial charge in [-0.1, -0.05) is 66.7 Å². The van der Waals surface area contributed by atoms with E-state index in [1.54, 1.807) is 0 Å². The summed E-state index contributed by atoms with van der Waals surface area (Å²) in [5, 5.41) is 14.1. The minimum atomic E-state index is -3.62. The second-order valence-corrected chi connectivity index (χ2v) is 11.6. The van der Waals surface area contributed by atoms with Crippen LogP contribution < -0.4 is 5.73 Å². The van der Waals surface area contributed by atoms with Gasteiger partial charge in [-0.05, 0) is 73.7 Å². The predicted octanol–water partition coefficient (Wildman–Crippen LogP) is 6.24. The summed E-state index contributed by atoms with van der Waals surface area (Å²) in [6.07, 6.45) is 0. The Labute approximate surface area is 172 Å². The topological polar surface area (TPSA) is 49.8 Å². The van der Waals surface area contributed by atoms with E-state index in [0.29, 0.717) is 6.54 Å². The highest BCUT2D eigenvalue weighted by Gasteiger charge is 2.48. The molecule has 0 saturated heterocycles. The summed E-state index contributed by atoms with van der Waals surface area (Å²) in [5.41, 5.74) is 6.91. The highest BCUT2D eigenvalue weighted by Crippen LogP contribution is 2.89. The molecule has 0 amide bonds. The Bertz CT molecular complexity index is 1030. The number of rotatable bonds is 5. The number of nitrogens with two attached hydrogens (primary N) is 1. The van der Waals surface area contributed by atoms with Gasteiger partial charge in [0, 0.05) is 6.54 Å².